The molecule has 0 unspecified atom stereocenters. The van der Waals surface area contributed by atoms with Crippen molar-refractivity contribution in [1.29, 1.82) is 0 Å². The molecule has 39 heavy (non-hydrogen) atoms. The standard InChI is InChI=1S/C26H30F4N8O/c1-16-6-7-19(12-23(16)38-15-22(35-36-38)18(13-31-2)14-32-3)34-25(39)17-10-20(26(28,29)30)24(27)21(11-17)33-8-9-37(4)5/h6-7,10-15,33,35-36H,2,8-9H2,1,3-5H3,(H,34,39)/b18-13+,32-14-. The fourth-order valence-corrected chi connectivity index (χ4v) is 3.66. The molecule has 13 heteroatoms. The summed E-state index contributed by atoms with van der Waals surface area (Å²) in [7, 11) is 5.17. The zero-order valence-corrected chi connectivity index (χ0v) is 21.9. The average Bonchev–Trinajstić information content (AvgIpc) is 3.35. The van der Waals surface area contributed by atoms with Gasteiger partial charge < -0.3 is 21.0 Å². The third-order valence-corrected chi connectivity index (χ3v) is 5.62. The number of allylic oxidation sites excluding steroid dienone is 1. The summed E-state index contributed by atoms with van der Waals surface area (Å²) in [4.78, 5) is 22.6. The fourth-order valence-electron chi connectivity index (χ4n) is 3.66. The highest BCUT2D eigenvalue weighted by Gasteiger charge is 2.36. The molecule has 4 N–H and O–H groups in total. The molecule has 208 valence electrons. The van der Waals surface area contributed by atoms with E-state index in [1.807, 2.05) is 6.92 Å². The number of hydrazine groups is 2. The van der Waals surface area contributed by atoms with E-state index in [4.69, 9.17) is 0 Å². The van der Waals surface area contributed by atoms with Gasteiger partial charge in [0.15, 0.2) is 5.82 Å². The maximum absolute atomic E-state index is 14.6. The number of carbonyl (C=O) groups is 1. The first kappa shape index (κ1) is 29.3. The van der Waals surface area contributed by atoms with Crippen LogP contribution in [-0.2, 0) is 6.18 Å². The molecule has 0 saturated heterocycles. The Bertz CT molecular complexity index is 1320. The minimum atomic E-state index is -4.98. The van der Waals surface area contributed by atoms with Gasteiger partial charge in [0.05, 0.1) is 22.6 Å². The molecule has 0 radical (unpaired) electrons. The molecule has 1 aliphatic rings. The molecule has 0 saturated carbocycles. The van der Waals surface area contributed by atoms with Crippen LogP contribution in [0.2, 0.25) is 0 Å². The van der Waals surface area contributed by atoms with Crippen molar-refractivity contribution in [3.8, 4) is 0 Å². The van der Waals surface area contributed by atoms with E-state index in [1.54, 1.807) is 61.7 Å². The van der Waals surface area contributed by atoms with Crippen LogP contribution in [0.1, 0.15) is 21.5 Å². The second-order valence-corrected chi connectivity index (χ2v) is 8.87. The molecule has 0 spiro atoms. The maximum Gasteiger partial charge on any atom is 0.419 e. The lowest BCUT2D eigenvalue weighted by atomic mass is 10.1. The van der Waals surface area contributed by atoms with Crippen molar-refractivity contribution in [2.75, 3.05) is 49.9 Å². The Morgan fingerprint density at radius 1 is 1.23 bits per heavy atom. The van der Waals surface area contributed by atoms with Crippen LogP contribution in [0.4, 0.5) is 34.6 Å². The third-order valence-electron chi connectivity index (χ3n) is 5.62. The first-order valence-corrected chi connectivity index (χ1v) is 11.8. The molecule has 3 rings (SSSR count). The SMILES string of the molecule is C=N/C=C(\C=N/C)C1=CN(c2cc(NC(=O)c3cc(NCCN(C)C)c(F)c(C(F)(F)F)c3)ccc2C)NN1. The Hall–Kier alpha value is -4.23. The summed E-state index contributed by atoms with van der Waals surface area (Å²) in [6.45, 7) is 5.94. The van der Waals surface area contributed by atoms with Crippen LogP contribution in [0, 0.1) is 12.7 Å². The molecule has 2 aromatic carbocycles. The molecule has 0 atom stereocenters. The van der Waals surface area contributed by atoms with Crippen LogP contribution in [0.25, 0.3) is 0 Å². The predicted octanol–water partition coefficient (Wildman–Crippen LogP) is 4.33. The summed E-state index contributed by atoms with van der Waals surface area (Å²) in [5.74, 6) is -2.28. The summed E-state index contributed by atoms with van der Waals surface area (Å²) in [5, 5.41) is 6.92. The number of benzene rings is 2. The molecule has 1 heterocycles. The van der Waals surface area contributed by atoms with Gasteiger partial charge in [-0.15, -0.1) is 5.53 Å². The number of aryl methyl sites for hydroxylation is 1. The topological polar surface area (TPSA) is 96.4 Å². The van der Waals surface area contributed by atoms with E-state index in [-0.39, 0.29) is 12.1 Å². The number of hydrogen-bond donors (Lipinski definition) is 4. The van der Waals surface area contributed by atoms with Gasteiger partial charge in [-0.3, -0.25) is 19.8 Å². The highest BCUT2D eigenvalue weighted by atomic mass is 19.4. The third kappa shape index (κ3) is 7.42. The second kappa shape index (κ2) is 12.5. The summed E-state index contributed by atoms with van der Waals surface area (Å²) in [6, 6.07) is 6.59. The van der Waals surface area contributed by atoms with E-state index >= 15 is 0 Å². The second-order valence-electron chi connectivity index (χ2n) is 8.87. The van der Waals surface area contributed by atoms with Crippen molar-refractivity contribution < 1.29 is 22.4 Å². The number of likely N-dealkylation sites (N-methyl/N-ethyl adjacent to an activating group) is 1. The van der Waals surface area contributed by atoms with Crippen molar-refractivity contribution >= 4 is 35.9 Å². The number of aliphatic imine (C=N–C) groups is 2. The van der Waals surface area contributed by atoms with E-state index < -0.39 is 29.2 Å². The van der Waals surface area contributed by atoms with Crippen molar-refractivity contribution in [1.82, 2.24) is 15.9 Å². The molecule has 0 aromatic heterocycles. The number of nitrogens with zero attached hydrogens (tertiary/aromatic N) is 4. The molecular weight excluding hydrogens is 516 g/mol. The average molecular weight is 547 g/mol. The molecule has 1 aliphatic heterocycles. The zero-order valence-electron chi connectivity index (χ0n) is 21.9. The summed E-state index contributed by atoms with van der Waals surface area (Å²) < 4.78 is 55.3. The minimum Gasteiger partial charge on any atom is -0.381 e. The fraction of sp³-hybridized carbons (Fsp3) is 0.269. The van der Waals surface area contributed by atoms with Crippen molar-refractivity contribution in [2.24, 2.45) is 9.98 Å². The Balaban J connectivity index is 1.89. The molecule has 2 aromatic rings. The van der Waals surface area contributed by atoms with E-state index in [9.17, 15) is 22.4 Å². The first-order valence-electron chi connectivity index (χ1n) is 11.8. The monoisotopic (exact) mass is 546 g/mol. The van der Waals surface area contributed by atoms with E-state index in [2.05, 4.69) is 38.3 Å². The first-order chi connectivity index (χ1) is 18.4. The molecular formula is C26H30F4N8O. The van der Waals surface area contributed by atoms with Crippen LogP contribution in [0.3, 0.4) is 0 Å². The molecule has 0 aliphatic carbocycles. The minimum absolute atomic E-state index is 0.184. The molecule has 0 fully saturated rings. The Morgan fingerprint density at radius 3 is 2.62 bits per heavy atom. The largest absolute Gasteiger partial charge is 0.419 e. The van der Waals surface area contributed by atoms with Gasteiger partial charge in [0.25, 0.3) is 5.91 Å². The number of hydrogen-bond acceptors (Lipinski definition) is 8. The molecule has 0 bridgehead atoms. The zero-order chi connectivity index (χ0) is 28.7. The number of halogens is 4. The summed E-state index contributed by atoms with van der Waals surface area (Å²) in [5.41, 5.74) is 6.83. The van der Waals surface area contributed by atoms with Gasteiger partial charge in [-0.2, -0.15) is 13.2 Å². The van der Waals surface area contributed by atoms with Crippen LogP contribution >= 0.6 is 0 Å². The number of rotatable bonds is 10. The summed E-state index contributed by atoms with van der Waals surface area (Å²) >= 11 is 0. The van der Waals surface area contributed by atoms with Crippen LogP contribution < -0.4 is 26.6 Å². The normalized spacial score (nSPS) is 14.0. The van der Waals surface area contributed by atoms with Crippen LogP contribution in [0.15, 0.2) is 64.0 Å². The molecule has 1 amide bonds. The van der Waals surface area contributed by atoms with Crippen LogP contribution in [-0.4, -0.2) is 58.0 Å². The van der Waals surface area contributed by atoms with Gasteiger partial charge in [0.2, 0.25) is 0 Å². The molecule has 9 nitrogen and oxygen atoms in total. The highest BCUT2D eigenvalue weighted by molar-refractivity contribution is 6.05. The Labute approximate surface area is 223 Å². The Kier molecular flexibility index (Phi) is 9.43. The van der Waals surface area contributed by atoms with Crippen molar-refractivity contribution in [3.63, 3.8) is 0 Å². The number of anilines is 3. The number of amides is 1. The van der Waals surface area contributed by atoms with Gasteiger partial charge in [0.1, 0.15) is 0 Å². The number of nitrogens with one attached hydrogen (secondary N) is 4. The summed E-state index contributed by atoms with van der Waals surface area (Å²) in [6.07, 6.45) is -0.107. The lowest BCUT2D eigenvalue weighted by Crippen LogP contribution is -2.37. The van der Waals surface area contributed by atoms with E-state index in [0.717, 1.165) is 11.6 Å². The van der Waals surface area contributed by atoms with Gasteiger partial charge >= 0.3 is 6.18 Å². The quantitative estimate of drug-likeness (QED) is 0.262. The van der Waals surface area contributed by atoms with Gasteiger partial charge in [-0.05, 0) is 57.6 Å². The van der Waals surface area contributed by atoms with Gasteiger partial charge in [0, 0.05) is 55.6 Å². The number of alkyl halides is 3. The predicted molar refractivity (Wildman–Crippen MR) is 146 cm³/mol. The Morgan fingerprint density at radius 2 is 1.97 bits per heavy atom. The van der Waals surface area contributed by atoms with Crippen LogP contribution in [0.5, 0.6) is 0 Å². The van der Waals surface area contributed by atoms with Gasteiger partial charge in [-0.25, -0.2) is 4.39 Å². The highest BCUT2D eigenvalue weighted by Crippen LogP contribution is 2.35. The van der Waals surface area contributed by atoms with Crippen molar-refractivity contribution in [2.45, 2.75) is 13.1 Å². The smallest absolute Gasteiger partial charge is 0.381 e. The maximum atomic E-state index is 14.6. The van der Waals surface area contributed by atoms with Crippen molar-refractivity contribution in [3.05, 3.63) is 76.5 Å². The number of carbonyl (C=O) groups excluding carboxylic acids is 1. The lowest BCUT2D eigenvalue weighted by molar-refractivity contribution is -0.139. The van der Waals surface area contributed by atoms with E-state index in [0.29, 0.717) is 35.3 Å². The van der Waals surface area contributed by atoms with E-state index in [1.165, 1.54) is 6.20 Å². The lowest BCUT2D eigenvalue weighted by Gasteiger charge is -2.19. The van der Waals surface area contributed by atoms with Gasteiger partial charge in [-0.1, -0.05) is 6.07 Å².